The minimum Gasteiger partial charge on any atom is -0.493 e. The summed E-state index contributed by atoms with van der Waals surface area (Å²) < 4.78 is 11.0. The van der Waals surface area contributed by atoms with Crippen molar-refractivity contribution in [2.45, 2.75) is 32.7 Å². The Balaban J connectivity index is 2.15. The molecule has 1 aromatic carbocycles. The van der Waals surface area contributed by atoms with Gasteiger partial charge in [-0.25, -0.2) is 0 Å². The molecule has 128 valence electrons. The fraction of sp³-hybridized carbons (Fsp3) is 0.588. The van der Waals surface area contributed by atoms with Crippen molar-refractivity contribution in [3.8, 4) is 11.5 Å². The molecule has 0 radical (unpaired) electrons. The number of nitrogens with two attached hydrogens (primary N) is 1. The van der Waals surface area contributed by atoms with Gasteiger partial charge in [0.05, 0.1) is 18.7 Å². The van der Waals surface area contributed by atoms with Crippen LogP contribution in [0.15, 0.2) is 12.1 Å². The number of amides is 1. The van der Waals surface area contributed by atoms with E-state index in [1.165, 1.54) is 7.11 Å². The van der Waals surface area contributed by atoms with E-state index in [0.717, 1.165) is 12.8 Å². The molecule has 5 nitrogen and oxygen atoms in total. The molecule has 0 bridgehead atoms. The van der Waals surface area contributed by atoms with E-state index in [9.17, 15) is 4.79 Å². The molecular weight excluding hydrogens is 316 g/mol. The third kappa shape index (κ3) is 4.75. The van der Waals surface area contributed by atoms with Crippen molar-refractivity contribution in [2.24, 2.45) is 17.6 Å². The molecule has 0 spiro atoms. The molecule has 6 heteroatoms. The Morgan fingerprint density at radius 2 is 2.13 bits per heavy atom. The molecule has 3 N–H and O–H groups in total. The van der Waals surface area contributed by atoms with Crippen LogP contribution in [-0.4, -0.2) is 32.2 Å². The van der Waals surface area contributed by atoms with Gasteiger partial charge >= 0.3 is 0 Å². The van der Waals surface area contributed by atoms with E-state index >= 15 is 0 Å². The van der Waals surface area contributed by atoms with Crippen molar-refractivity contribution in [1.82, 2.24) is 5.32 Å². The van der Waals surface area contributed by atoms with E-state index < -0.39 is 0 Å². The van der Waals surface area contributed by atoms with Gasteiger partial charge in [0.15, 0.2) is 11.5 Å². The van der Waals surface area contributed by atoms with Crippen LogP contribution in [0.25, 0.3) is 0 Å². The lowest BCUT2D eigenvalue weighted by Crippen LogP contribution is -2.41. The maximum atomic E-state index is 12.4. The number of ether oxygens (including phenoxy) is 2. The summed E-state index contributed by atoms with van der Waals surface area (Å²) in [5.74, 6) is 1.59. The maximum Gasteiger partial charge on any atom is 0.251 e. The normalized spacial score (nSPS) is 15.4. The van der Waals surface area contributed by atoms with Crippen LogP contribution in [0, 0.1) is 11.8 Å². The number of nitrogens with one attached hydrogen (secondary N) is 1. The first kappa shape index (κ1) is 17.9. The lowest BCUT2D eigenvalue weighted by Gasteiger charge is -2.18. The highest BCUT2D eigenvalue weighted by molar-refractivity contribution is 6.32. The monoisotopic (exact) mass is 340 g/mol. The fourth-order valence-corrected chi connectivity index (χ4v) is 2.63. The molecule has 0 heterocycles. The van der Waals surface area contributed by atoms with Crippen LogP contribution in [0.2, 0.25) is 5.02 Å². The molecule has 23 heavy (non-hydrogen) atoms. The number of carbonyl (C=O) groups is 1. The molecule has 0 aliphatic heterocycles. The lowest BCUT2D eigenvalue weighted by molar-refractivity contribution is 0.0933. The zero-order valence-electron chi connectivity index (χ0n) is 13.9. The minimum absolute atomic E-state index is 0.0177. The lowest BCUT2D eigenvalue weighted by atomic mass is 10.1. The second kappa shape index (κ2) is 7.88. The number of halogens is 1. The zero-order chi connectivity index (χ0) is 17.0. The van der Waals surface area contributed by atoms with Gasteiger partial charge in [0.1, 0.15) is 0 Å². The molecule has 1 atom stereocenters. The number of benzene rings is 1. The Labute approximate surface area is 142 Å². The van der Waals surface area contributed by atoms with Gasteiger partial charge in [-0.1, -0.05) is 25.4 Å². The molecular formula is C17H25ClN2O3. The smallest absolute Gasteiger partial charge is 0.251 e. The molecule has 1 aromatic rings. The second-order valence-corrected chi connectivity index (χ2v) is 6.75. The first-order valence-electron chi connectivity index (χ1n) is 7.97. The summed E-state index contributed by atoms with van der Waals surface area (Å²) in [6, 6.07) is 3.27. The summed E-state index contributed by atoms with van der Waals surface area (Å²) in [5, 5.41) is 3.34. The number of rotatable bonds is 8. The Morgan fingerprint density at radius 1 is 1.43 bits per heavy atom. The average molecular weight is 341 g/mol. The van der Waals surface area contributed by atoms with Gasteiger partial charge in [-0.2, -0.15) is 0 Å². The van der Waals surface area contributed by atoms with Crippen molar-refractivity contribution in [2.75, 3.05) is 20.3 Å². The summed E-state index contributed by atoms with van der Waals surface area (Å²) in [4.78, 5) is 12.4. The third-order valence-electron chi connectivity index (χ3n) is 3.81. The molecule has 1 aliphatic carbocycles. The third-order valence-corrected chi connectivity index (χ3v) is 4.09. The maximum absolute atomic E-state index is 12.4. The SMILES string of the molecule is COc1cc(C(=O)NC(CN)C2CC2)cc(Cl)c1OCC(C)C. The molecule has 2 rings (SSSR count). The van der Waals surface area contributed by atoms with Crippen molar-refractivity contribution in [3.63, 3.8) is 0 Å². The first-order chi connectivity index (χ1) is 11.0. The van der Waals surface area contributed by atoms with Crippen LogP contribution in [0.4, 0.5) is 0 Å². The van der Waals surface area contributed by atoms with Gasteiger partial charge < -0.3 is 20.5 Å². The Bertz CT molecular complexity index is 559. The van der Waals surface area contributed by atoms with E-state index in [-0.39, 0.29) is 11.9 Å². The van der Waals surface area contributed by atoms with Crippen LogP contribution < -0.4 is 20.5 Å². The minimum atomic E-state index is -0.192. The highest BCUT2D eigenvalue weighted by Crippen LogP contribution is 2.37. The summed E-state index contributed by atoms with van der Waals surface area (Å²) in [7, 11) is 1.53. The predicted octanol–water partition coefficient (Wildman–Crippen LogP) is 2.85. The van der Waals surface area contributed by atoms with Gasteiger partial charge in [0, 0.05) is 18.2 Å². The molecule has 1 unspecified atom stereocenters. The van der Waals surface area contributed by atoms with Gasteiger partial charge in [0.25, 0.3) is 5.91 Å². The van der Waals surface area contributed by atoms with E-state index in [1.54, 1.807) is 12.1 Å². The first-order valence-corrected chi connectivity index (χ1v) is 8.35. The van der Waals surface area contributed by atoms with Crippen molar-refractivity contribution >= 4 is 17.5 Å². The summed E-state index contributed by atoms with van der Waals surface area (Å²) in [6.45, 7) is 5.06. The average Bonchev–Trinajstić information content (AvgIpc) is 3.34. The van der Waals surface area contributed by atoms with Crippen molar-refractivity contribution in [1.29, 1.82) is 0 Å². The second-order valence-electron chi connectivity index (χ2n) is 6.35. The van der Waals surface area contributed by atoms with Crippen LogP contribution in [0.5, 0.6) is 11.5 Å². The topological polar surface area (TPSA) is 73.6 Å². The van der Waals surface area contributed by atoms with Crippen molar-refractivity contribution < 1.29 is 14.3 Å². The summed E-state index contributed by atoms with van der Waals surface area (Å²) in [5.41, 5.74) is 6.18. The van der Waals surface area contributed by atoms with Crippen LogP contribution >= 0.6 is 11.6 Å². The Hall–Kier alpha value is -1.46. The molecule has 1 amide bonds. The predicted molar refractivity (Wildman–Crippen MR) is 91.4 cm³/mol. The Kier molecular flexibility index (Phi) is 6.13. The van der Waals surface area contributed by atoms with E-state index in [2.05, 4.69) is 5.32 Å². The molecule has 1 fully saturated rings. The zero-order valence-corrected chi connectivity index (χ0v) is 14.7. The van der Waals surface area contributed by atoms with E-state index in [1.807, 2.05) is 13.8 Å². The number of methoxy groups -OCH3 is 1. The van der Waals surface area contributed by atoms with Gasteiger partial charge in [0.2, 0.25) is 0 Å². The largest absolute Gasteiger partial charge is 0.493 e. The van der Waals surface area contributed by atoms with Gasteiger partial charge in [-0.05, 0) is 36.8 Å². The number of hydrogen-bond acceptors (Lipinski definition) is 4. The number of carbonyl (C=O) groups excluding carboxylic acids is 1. The highest BCUT2D eigenvalue weighted by atomic mass is 35.5. The summed E-state index contributed by atoms with van der Waals surface area (Å²) in [6.07, 6.45) is 2.24. The molecule has 0 saturated heterocycles. The van der Waals surface area contributed by atoms with Crippen molar-refractivity contribution in [3.05, 3.63) is 22.7 Å². The standard InChI is InChI=1S/C17H25ClN2O3/c1-10(2)9-23-16-13(18)6-12(7-15(16)22-3)17(21)20-14(8-19)11-4-5-11/h6-7,10-11,14H,4-5,8-9,19H2,1-3H3,(H,20,21). The fourth-order valence-electron chi connectivity index (χ4n) is 2.36. The van der Waals surface area contributed by atoms with E-state index in [0.29, 0.717) is 47.1 Å². The molecule has 0 aromatic heterocycles. The van der Waals surface area contributed by atoms with Gasteiger partial charge in [-0.15, -0.1) is 0 Å². The molecule has 1 aliphatic rings. The van der Waals surface area contributed by atoms with Crippen LogP contribution in [-0.2, 0) is 0 Å². The quantitative estimate of drug-likeness (QED) is 0.763. The summed E-state index contributed by atoms with van der Waals surface area (Å²) >= 11 is 6.28. The van der Waals surface area contributed by atoms with Gasteiger partial charge in [-0.3, -0.25) is 4.79 Å². The molecule has 1 saturated carbocycles. The number of hydrogen-bond donors (Lipinski definition) is 2. The van der Waals surface area contributed by atoms with E-state index in [4.69, 9.17) is 26.8 Å². The van der Waals surface area contributed by atoms with Crippen LogP contribution in [0.1, 0.15) is 37.0 Å². The van der Waals surface area contributed by atoms with Crippen LogP contribution in [0.3, 0.4) is 0 Å². The Morgan fingerprint density at radius 3 is 2.65 bits per heavy atom. The highest BCUT2D eigenvalue weighted by Gasteiger charge is 2.31.